The van der Waals surface area contributed by atoms with Crippen LogP contribution in [0.1, 0.15) is 6.92 Å². The number of ether oxygens (including phenoxy) is 1. The summed E-state index contributed by atoms with van der Waals surface area (Å²) in [6, 6.07) is 0. The topological polar surface area (TPSA) is 46.5 Å². The largest absolute Gasteiger partial charge is 0.497 e. The SMILES string of the molecule is C=C(/C=C\C(=C/C)OC)C(=O)O. The van der Waals surface area contributed by atoms with E-state index in [1.165, 1.54) is 13.2 Å². The number of hydrogen-bond acceptors (Lipinski definition) is 2. The molecule has 0 bridgehead atoms. The average molecular weight is 168 g/mol. The molecule has 0 heterocycles. The van der Waals surface area contributed by atoms with Crippen LogP contribution >= 0.6 is 0 Å². The smallest absolute Gasteiger partial charge is 0.335 e. The van der Waals surface area contributed by atoms with Crippen LogP contribution in [0.15, 0.2) is 36.1 Å². The van der Waals surface area contributed by atoms with Crippen LogP contribution < -0.4 is 0 Å². The summed E-state index contributed by atoms with van der Waals surface area (Å²) in [5.74, 6) is -0.421. The molecule has 66 valence electrons. The van der Waals surface area contributed by atoms with Gasteiger partial charge in [-0.15, -0.1) is 0 Å². The normalized spacial score (nSPS) is 11.7. The molecular formula is C9H12O3. The van der Waals surface area contributed by atoms with Gasteiger partial charge in [0.15, 0.2) is 0 Å². The zero-order valence-corrected chi connectivity index (χ0v) is 7.20. The molecule has 0 amide bonds. The highest BCUT2D eigenvalue weighted by molar-refractivity contribution is 5.89. The fraction of sp³-hybridized carbons (Fsp3) is 0.222. The molecule has 12 heavy (non-hydrogen) atoms. The van der Waals surface area contributed by atoms with Crippen molar-refractivity contribution in [2.75, 3.05) is 7.11 Å². The van der Waals surface area contributed by atoms with Gasteiger partial charge in [-0.3, -0.25) is 0 Å². The molecule has 0 atom stereocenters. The minimum absolute atomic E-state index is 0.0337. The molecule has 0 aromatic carbocycles. The van der Waals surface area contributed by atoms with Gasteiger partial charge in [0, 0.05) is 0 Å². The number of carbonyl (C=O) groups is 1. The van der Waals surface area contributed by atoms with Gasteiger partial charge in [0.25, 0.3) is 0 Å². The van der Waals surface area contributed by atoms with E-state index < -0.39 is 5.97 Å². The minimum Gasteiger partial charge on any atom is -0.497 e. The highest BCUT2D eigenvalue weighted by Crippen LogP contribution is 2.00. The van der Waals surface area contributed by atoms with Crippen molar-refractivity contribution >= 4 is 5.97 Å². The first kappa shape index (κ1) is 10.5. The second-order valence-corrected chi connectivity index (χ2v) is 2.06. The van der Waals surface area contributed by atoms with E-state index in [0.717, 1.165) is 0 Å². The van der Waals surface area contributed by atoms with Gasteiger partial charge in [-0.25, -0.2) is 4.79 Å². The number of carboxylic acids is 1. The first-order chi connectivity index (χ1) is 5.61. The minimum atomic E-state index is -1.03. The molecule has 0 aliphatic carbocycles. The van der Waals surface area contributed by atoms with Crippen LogP contribution in [0.3, 0.4) is 0 Å². The van der Waals surface area contributed by atoms with Crippen LogP contribution in [0.25, 0.3) is 0 Å². The predicted octanol–water partition coefficient (Wildman–Crippen LogP) is 1.73. The fourth-order valence-electron chi connectivity index (χ4n) is 0.536. The number of carboxylic acid groups (broad SMARTS) is 1. The number of methoxy groups -OCH3 is 1. The van der Waals surface area contributed by atoms with Crippen LogP contribution in [-0.4, -0.2) is 18.2 Å². The Balaban J connectivity index is 4.24. The third kappa shape index (κ3) is 3.61. The molecule has 0 fully saturated rings. The van der Waals surface area contributed by atoms with E-state index in [1.54, 1.807) is 19.1 Å². The summed E-state index contributed by atoms with van der Waals surface area (Å²) >= 11 is 0. The third-order valence-electron chi connectivity index (χ3n) is 1.24. The van der Waals surface area contributed by atoms with Gasteiger partial charge in [-0.2, -0.15) is 0 Å². The van der Waals surface area contributed by atoms with Crippen molar-refractivity contribution in [3.8, 4) is 0 Å². The Morgan fingerprint density at radius 2 is 2.08 bits per heavy atom. The summed E-state index contributed by atoms with van der Waals surface area (Å²) in [6.07, 6.45) is 4.67. The van der Waals surface area contributed by atoms with Gasteiger partial charge in [-0.05, 0) is 25.2 Å². The average Bonchev–Trinajstić information content (AvgIpc) is 2.05. The Morgan fingerprint density at radius 3 is 2.42 bits per heavy atom. The van der Waals surface area contributed by atoms with E-state index in [0.29, 0.717) is 5.76 Å². The van der Waals surface area contributed by atoms with Gasteiger partial charge in [0.2, 0.25) is 0 Å². The molecule has 0 radical (unpaired) electrons. The first-order valence-electron chi connectivity index (χ1n) is 3.42. The van der Waals surface area contributed by atoms with Gasteiger partial charge in [-0.1, -0.05) is 6.58 Å². The zero-order chi connectivity index (χ0) is 9.56. The summed E-state index contributed by atoms with van der Waals surface area (Å²) in [5, 5.41) is 8.43. The Kier molecular flexibility index (Phi) is 4.53. The molecule has 0 rings (SSSR count). The third-order valence-corrected chi connectivity index (χ3v) is 1.24. The van der Waals surface area contributed by atoms with Gasteiger partial charge in [0.1, 0.15) is 5.76 Å². The van der Waals surface area contributed by atoms with Crippen molar-refractivity contribution in [3.05, 3.63) is 36.1 Å². The van der Waals surface area contributed by atoms with E-state index in [1.807, 2.05) is 0 Å². The highest BCUT2D eigenvalue weighted by Gasteiger charge is 1.97. The lowest BCUT2D eigenvalue weighted by Crippen LogP contribution is -1.95. The van der Waals surface area contributed by atoms with Gasteiger partial charge < -0.3 is 9.84 Å². The number of allylic oxidation sites excluding steroid dienone is 2. The summed E-state index contributed by atoms with van der Waals surface area (Å²) in [4.78, 5) is 10.3. The molecule has 0 spiro atoms. The van der Waals surface area contributed by atoms with Crippen LogP contribution in [0.5, 0.6) is 0 Å². The number of hydrogen-bond donors (Lipinski definition) is 1. The van der Waals surface area contributed by atoms with Crippen LogP contribution in [-0.2, 0) is 9.53 Å². The van der Waals surface area contributed by atoms with Crippen molar-refractivity contribution in [2.45, 2.75) is 6.92 Å². The van der Waals surface area contributed by atoms with E-state index in [4.69, 9.17) is 9.84 Å². The summed E-state index contributed by atoms with van der Waals surface area (Å²) < 4.78 is 4.87. The summed E-state index contributed by atoms with van der Waals surface area (Å²) in [7, 11) is 1.52. The second kappa shape index (κ2) is 5.18. The molecule has 0 aromatic heterocycles. The molecular weight excluding hydrogens is 156 g/mol. The van der Waals surface area contributed by atoms with Crippen molar-refractivity contribution in [1.29, 1.82) is 0 Å². The monoisotopic (exact) mass is 168 g/mol. The van der Waals surface area contributed by atoms with Gasteiger partial charge in [0.05, 0.1) is 12.7 Å². The van der Waals surface area contributed by atoms with Crippen LogP contribution in [0.2, 0.25) is 0 Å². The van der Waals surface area contributed by atoms with Crippen molar-refractivity contribution in [1.82, 2.24) is 0 Å². The summed E-state index contributed by atoms with van der Waals surface area (Å²) in [6.45, 7) is 5.12. The van der Waals surface area contributed by atoms with E-state index in [9.17, 15) is 4.79 Å². The quantitative estimate of drug-likeness (QED) is 0.395. The Morgan fingerprint density at radius 1 is 1.50 bits per heavy atom. The molecule has 0 aromatic rings. The van der Waals surface area contributed by atoms with Crippen LogP contribution in [0.4, 0.5) is 0 Å². The van der Waals surface area contributed by atoms with Gasteiger partial charge >= 0.3 is 5.97 Å². The number of rotatable bonds is 4. The predicted molar refractivity (Wildman–Crippen MR) is 46.7 cm³/mol. The molecule has 0 saturated carbocycles. The maximum atomic E-state index is 10.3. The lowest BCUT2D eigenvalue weighted by molar-refractivity contribution is -0.132. The first-order valence-corrected chi connectivity index (χ1v) is 3.42. The Hall–Kier alpha value is -1.51. The van der Waals surface area contributed by atoms with E-state index in [2.05, 4.69) is 6.58 Å². The molecule has 0 aliphatic rings. The lowest BCUT2D eigenvalue weighted by atomic mass is 10.2. The van der Waals surface area contributed by atoms with E-state index >= 15 is 0 Å². The van der Waals surface area contributed by atoms with Crippen molar-refractivity contribution < 1.29 is 14.6 Å². The number of aliphatic carboxylic acids is 1. The lowest BCUT2D eigenvalue weighted by Gasteiger charge is -1.97. The fourth-order valence-corrected chi connectivity index (χ4v) is 0.536. The standard InChI is InChI=1S/C9H12O3/c1-4-8(12-3)6-5-7(2)9(10)11/h4-6H,2H2,1,3H3,(H,10,11)/b6-5-,8-4+. The van der Waals surface area contributed by atoms with Crippen molar-refractivity contribution in [2.24, 2.45) is 0 Å². The molecule has 1 N–H and O–H groups in total. The molecule has 0 saturated heterocycles. The molecule has 3 heteroatoms. The maximum Gasteiger partial charge on any atom is 0.335 e. The molecule has 3 nitrogen and oxygen atoms in total. The van der Waals surface area contributed by atoms with E-state index in [-0.39, 0.29) is 5.57 Å². The highest BCUT2D eigenvalue weighted by atomic mass is 16.5. The Bertz CT molecular complexity index is 232. The van der Waals surface area contributed by atoms with Crippen molar-refractivity contribution in [3.63, 3.8) is 0 Å². The second-order valence-electron chi connectivity index (χ2n) is 2.06. The maximum absolute atomic E-state index is 10.3. The zero-order valence-electron chi connectivity index (χ0n) is 7.20. The molecule has 0 aliphatic heterocycles. The molecule has 0 unspecified atom stereocenters. The summed E-state index contributed by atoms with van der Waals surface area (Å²) in [5.41, 5.74) is 0.0337. The van der Waals surface area contributed by atoms with Crippen LogP contribution in [0, 0.1) is 0 Å². The Labute approximate surface area is 71.7 Å².